The van der Waals surface area contributed by atoms with Gasteiger partial charge in [0.15, 0.2) is 0 Å². The molecule has 150 valence electrons. The molecule has 2 aromatic rings. The quantitative estimate of drug-likeness (QED) is 0.693. The van der Waals surface area contributed by atoms with Crippen LogP contribution in [0.15, 0.2) is 47.4 Å². The van der Waals surface area contributed by atoms with Crippen molar-refractivity contribution in [3.8, 4) is 0 Å². The maximum absolute atomic E-state index is 12.6. The van der Waals surface area contributed by atoms with Crippen molar-refractivity contribution in [3.05, 3.63) is 64.2 Å². The van der Waals surface area contributed by atoms with Crippen LogP contribution in [0.25, 0.3) is 0 Å². The normalized spacial score (nSPS) is 14.9. The molecule has 8 heteroatoms. The number of carbonyl (C=O) groups is 1. The predicted molar refractivity (Wildman–Crippen MR) is 108 cm³/mol. The van der Waals surface area contributed by atoms with Crippen molar-refractivity contribution in [3.63, 3.8) is 0 Å². The van der Waals surface area contributed by atoms with Gasteiger partial charge < -0.3 is 4.74 Å². The number of rotatable bonds is 7. The zero-order chi connectivity index (χ0) is 20.1. The first-order chi connectivity index (χ1) is 13.4. The molecule has 0 spiro atoms. The summed E-state index contributed by atoms with van der Waals surface area (Å²) in [6.07, 6.45) is 2.50. The van der Waals surface area contributed by atoms with E-state index in [9.17, 15) is 13.2 Å². The number of sulfonamides is 1. The largest absolute Gasteiger partial charge is 0.465 e. The molecule has 1 heterocycles. The van der Waals surface area contributed by atoms with Crippen LogP contribution in [0.4, 0.5) is 0 Å². The molecule has 3 rings (SSSR count). The molecule has 1 N–H and O–H groups in total. The SMILES string of the molecule is COC(=O)c1cc(S(=O)(=O)NCc2ccc(CN3CCCC3)cc2)ccc1Cl. The van der Waals surface area contributed by atoms with E-state index in [0.717, 1.165) is 25.2 Å². The second-order valence-corrected chi connectivity index (χ2v) is 8.93. The van der Waals surface area contributed by atoms with Crippen molar-refractivity contribution in [2.45, 2.75) is 30.8 Å². The van der Waals surface area contributed by atoms with Gasteiger partial charge in [-0.05, 0) is 55.3 Å². The maximum atomic E-state index is 12.6. The van der Waals surface area contributed by atoms with E-state index in [1.165, 1.54) is 43.7 Å². The second-order valence-electron chi connectivity index (χ2n) is 6.76. The van der Waals surface area contributed by atoms with Gasteiger partial charge in [0.05, 0.1) is 22.6 Å². The van der Waals surface area contributed by atoms with Crippen LogP contribution < -0.4 is 4.72 Å². The van der Waals surface area contributed by atoms with Crippen LogP contribution in [0.2, 0.25) is 5.02 Å². The van der Waals surface area contributed by atoms with E-state index in [2.05, 4.69) is 14.4 Å². The molecule has 0 aromatic heterocycles. The summed E-state index contributed by atoms with van der Waals surface area (Å²) in [6, 6.07) is 11.9. The molecule has 1 aliphatic rings. The highest BCUT2D eigenvalue weighted by Gasteiger charge is 2.19. The summed E-state index contributed by atoms with van der Waals surface area (Å²) in [5, 5.41) is 0.138. The molecule has 0 radical (unpaired) electrons. The van der Waals surface area contributed by atoms with Crippen LogP contribution in [-0.4, -0.2) is 39.5 Å². The average Bonchev–Trinajstić information content (AvgIpc) is 3.20. The zero-order valence-electron chi connectivity index (χ0n) is 15.7. The maximum Gasteiger partial charge on any atom is 0.339 e. The smallest absolute Gasteiger partial charge is 0.339 e. The Morgan fingerprint density at radius 2 is 1.75 bits per heavy atom. The Morgan fingerprint density at radius 1 is 1.11 bits per heavy atom. The molecule has 0 bridgehead atoms. The van der Waals surface area contributed by atoms with Gasteiger partial charge in [-0.2, -0.15) is 0 Å². The molecule has 0 atom stereocenters. The van der Waals surface area contributed by atoms with E-state index >= 15 is 0 Å². The van der Waals surface area contributed by atoms with Crippen molar-refractivity contribution in [2.24, 2.45) is 0 Å². The third-order valence-corrected chi connectivity index (χ3v) is 6.48. The number of nitrogens with zero attached hydrogens (tertiary/aromatic N) is 1. The van der Waals surface area contributed by atoms with Crippen LogP contribution in [0.3, 0.4) is 0 Å². The summed E-state index contributed by atoms with van der Waals surface area (Å²) in [4.78, 5) is 14.1. The molecule has 2 aromatic carbocycles. The summed E-state index contributed by atoms with van der Waals surface area (Å²) in [6.45, 7) is 3.35. The first-order valence-corrected chi connectivity index (χ1v) is 10.9. The van der Waals surface area contributed by atoms with Crippen LogP contribution in [0.5, 0.6) is 0 Å². The van der Waals surface area contributed by atoms with Gasteiger partial charge in [-0.1, -0.05) is 35.9 Å². The van der Waals surface area contributed by atoms with Crippen molar-refractivity contribution < 1.29 is 17.9 Å². The first-order valence-electron chi connectivity index (χ1n) is 9.07. The summed E-state index contributed by atoms with van der Waals surface area (Å²) in [5.74, 6) is -0.685. The molecule has 0 aliphatic carbocycles. The van der Waals surface area contributed by atoms with Crippen LogP contribution >= 0.6 is 11.6 Å². The summed E-state index contributed by atoms with van der Waals surface area (Å²) >= 11 is 5.95. The minimum atomic E-state index is -3.79. The predicted octanol–water partition coefficient (Wildman–Crippen LogP) is 3.20. The molecule has 1 fully saturated rings. The molecular formula is C20H23ClN2O4S. The Balaban J connectivity index is 1.65. The third kappa shape index (κ3) is 5.11. The van der Waals surface area contributed by atoms with E-state index in [1.807, 2.05) is 24.3 Å². The molecule has 1 aliphatic heterocycles. The number of halogens is 1. The number of methoxy groups -OCH3 is 1. The lowest BCUT2D eigenvalue weighted by molar-refractivity contribution is 0.0600. The Bertz CT molecular complexity index is 939. The van der Waals surface area contributed by atoms with Gasteiger partial charge in [0.1, 0.15) is 0 Å². The number of esters is 1. The zero-order valence-corrected chi connectivity index (χ0v) is 17.2. The number of hydrogen-bond donors (Lipinski definition) is 1. The average molecular weight is 423 g/mol. The lowest BCUT2D eigenvalue weighted by atomic mass is 10.1. The van der Waals surface area contributed by atoms with Gasteiger partial charge in [-0.15, -0.1) is 0 Å². The lowest BCUT2D eigenvalue weighted by Gasteiger charge is -2.14. The van der Waals surface area contributed by atoms with E-state index in [0.29, 0.717) is 0 Å². The number of hydrogen-bond acceptors (Lipinski definition) is 5. The number of ether oxygens (including phenoxy) is 1. The van der Waals surface area contributed by atoms with Crippen LogP contribution in [-0.2, 0) is 27.8 Å². The first kappa shape index (κ1) is 20.8. The fourth-order valence-electron chi connectivity index (χ4n) is 3.16. The fraction of sp³-hybridized carbons (Fsp3) is 0.350. The minimum Gasteiger partial charge on any atom is -0.465 e. The topological polar surface area (TPSA) is 75.7 Å². The van der Waals surface area contributed by atoms with Crippen molar-refractivity contribution >= 4 is 27.6 Å². The third-order valence-electron chi connectivity index (χ3n) is 4.75. The van der Waals surface area contributed by atoms with Crippen molar-refractivity contribution in [2.75, 3.05) is 20.2 Å². The molecule has 1 saturated heterocycles. The molecule has 0 saturated carbocycles. The van der Waals surface area contributed by atoms with Crippen molar-refractivity contribution in [1.82, 2.24) is 9.62 Å². The summed E-state index contributed by atoms with van der Waals surface area (Å²) in [5.41, 5.74) is 2.09. The van der Waals surface area contributed by atoms with E-state index < -0.39 is 16.0 Å². The van der Waals surface area contributed by atoms with E-state index in [1.54, 1.807) is 0 Å². The Morgan fingerprint density at radius 3 is 2.39 bits per heavy atom. The molecule has 28 heavy (non-hydrogen) atoms. The standard InChI is InChI=1S/C20H23ClN2O4S/c1-27-20(24)18-12-17(8-9-19(18)21)28(25,26)22-13-15-4-6-16(7-5-15)14-23-10-2-3-11-23/h4-9,12,22H,2-3,10-11,13-14H2,1H3. The van der Waals surface area contributed by atoms with Crippen LogP contribution in [0.1, 0.15) is 34.3 Å². The molecule has 0 amide bonds. The highest BCUT2D eigenvalue weighted by molar-refractivity contribution is 7.89. The molecule has 0 unspecified atom stereocenters. The monoisotopic (exact) mass is 422 g/mol. The molecule has 6 nitrogen and oxygen atoms in total. The lowest BCUT2D eigenvalue weighted by Crippen LogP contribution is -2.23. The molecular weight excluding hydrogens is 400 g/mol. The van der Waals surface area contributed by atoms with Gasteiger partial charge in [-0.25, -0.2) is 17.9 Å². The second kappa shape index (κ2) is 9.05. The van der Waals surface area contributed by atoms with Crippen LogP contribution in [0, 0.1) is 0 Å². The number of nitrogens with one attached hydrogen (secondary N) is 1. The van der Waals surface area contributed by atoms with Gasteiger partial charge in [-0.3, -0.25) is 4.90 Å². The highest BCUT2D eigenvalue weighted by atomic mass is 35.5. The number of likely N-dealkylation sites (tertiary alicyclic amines) is 1. The van der Waals surface area contributed by atoms with Gasteiger partial charge in [0.25, 0.3) is 0 Å². The Kier molecular flexibility index (Phi) is 6.72. The van der Waals surface area contributed by atoms with Gasteiger partial charge >= 0.3 is 5.97 Å². The Labute approximate surface area is 170 Å². The van der Waals surface area contributed by atoms with E-state index in [4.69, 9.17) is 11.6 Å². The van der Waals surface area contributed by atoms with Gasteiger partial charge in [0.2, 0.25) is 10.0 Å². The van der Waals surface area contributed by atoms with E-state index in [-0.39, 0.29) is 22.0 Å². The summed E-state index contributed by atoms with van der Waals surface area (Å²) < 4.78 is 32.3. The Hall–Kier alpha value is -1.93. The number of carbonyl (C=O) groups excluding carboxylic acids is 1. The fourth-order valence-corrected chi connectivity index (χ4v) is 4.40. The van der Waals surface area contributed by atoms with Gasteiger partial charge in [0, 0.05) is 13.1 Å². The minimum absolute atomic E-state index is 0.0123. The summed E-state index contributed by atoms with van der Waals surface area (Å²) in [7, 11) is -2.58. The number of benzene rings is 2. The highest BCUT2D eigenvalue weighted by Crippen LogP contribution is 2.21. The van der Waals surface area contributed by atoms with Crippen molar-refractivity contribution in [1.29, 1.82) is 0 Å².